The van der Waals surface area contributed by atoms with Crippen LogP contribution in [0.5, 0.6) is 0 Å². The highest BCUT2D eigenvalue weighted by atomic mass is 16.2. The fourth-order valence-electron chi connectivity index (χ4n) is 2.07. The van der Waals surface area contributed by atoms with Gasteiger partial charge in [-0.3, -0.25) is 9.69 Å². The van der Waals surface area contributed by atoms with E-state index in [0.717, 1.165) is 29.4 Å². The molecule has 0 atom stereocenters. The molecule has 0 aromatic heterocycles. The van der Waals surface area contributed by atoms with E-state index < -0.39 is 0 Å². The molecule has 1 aliphatic rings. The Hall–Kier alpha value is -1.55. The molecule has 18 heavy (non-hydrogen) atoms. The summed E-state index contributed by atoms with van der Waals surface area (Å²) >= 11 is 0. The lowest BCUT2D eigenvalue weighted by Gasteiger charge is -2.16. The number of aryl methyl sites for hydroxylation is 1. The molecule has 1 fully saturated rings. The zero-order chi connectivity index (χ0) is 13.1. The maximum absolute atomic E-state index is 11.9. The molecule has 2 rings (SSSR count). The van der Waals surface area contributed by atoms with Crippen molar-refractivity contribution in [3.63, 3.8) is 0 Å². The SMILES string of the molecule is Cc1cc(N)ccc1NC(=O)CN(C)CC1CC1. The molecular formula is C14H21N3O. The van der Waals surface area contributed by atoms with Crippen LogP contribution in [0.25, 0.3) is 0 Å². The minimum atomic E-state index is 0.0334. The van der Waals surface area contributed by atoms with Crippen LogP contribution in [0.4, 0.5) is 11.4 Å². The topological polar surface area (TPSA) is 58.4 Å². The second kappa shape index (κ2) is 5.40. The van der Waals surface area contributed by atoms with Gasteiger partial charge in [-0.05, 0) is 56.5 Å². The average molecular weight is 247 g/mol. The third-order valence-electron chi connectivity index (χ3n) is 3.20. The molecule has 1 aromatic rings. The second-order valence-corrected chi connectivity index (χ2v) is 5.26. The van der Waals surface area contributed by atoms with Crippen molar-refractivity contribution in [2.75, 3.05) is 31.2 Å². The number of hydrogen-bond donors (Lipinski definition) is 2. The highest BCUT2D eigenvalue weighted by Crippen LogP contribution is 2.29. The van der Waals surface area contributed by atoms with E-state index in [2.05, 4.69) is 10.2 Å². The lowest BCUT2D eigenvalue weighted by Crippen LogP contribution is -2.31. The van der Waals surface area contributed by atoms with Crippen molar-refractivity contribution < 1.29 is 4.79 Å². The number of amides is 1. The summed E-state index contributed by atoms with van der Waals surface area (Å²) in [6.07, 6.45) is 2.62. The molecule has 0 unspecified atom stereocenters. The number of likely N-dealkylation sites (N-methyl/N-ethyl adjacent to an activating group) is 1. The van der Waals surface area contributed by atoms with Crippen LogP contribution in [0.2, 0.25) is 0 Å². The molecule has 0 radical (unpaired) electrons. The Labute approximate surface area is 108 Å². The molecule has 0 heterocycles. The van der Waals surface area contributed by atoms with E-state index >= 15 is 0 Å². The van der Waals surface area contributed by atoms with E-state index in [1.807, 2.05) is 26.1 Å². The molecule has 0 bridgehead atoms. The average Bonchev–Trinajstić information content (AvgIpc) is 3.05. The van der Waals surface area contributed by atoms with Gasteiger partial charge in [0.2, 0.25) is 5.91 Å². The van der Waals surface area contributed by atoms with E-state index in [0.29, 0.717) is 6.54 Å². The van der Waals surface area contributed by atoms with Crippen molar-refractivity contribution in [1.82, 2.24) is 4.90 Å². The van der Waals surface area contributed by atoms with E-state index in [1.54, 1.807) is 6.07 Å². The highest BCUT2D eigenvalue weighted by Gasteiger charge is 2.23. The van der Waals surface area contributed by atoms with Gasteiger partial charge in [0.1, 0.15) is 0 Å². The Morgan fingerprint density at radius 3 is 2.83 bits per heavy atom. The summed E-state index contributed by atoms with van der Waals surface area (Å²) in [6.45, 7) is 3.41. The third kappa shape index (κ3) is 3.74. The van der Waals surface area contributed by atoms with Gasteiger partial charge in [-0.25, -0.2) is 0 Å². The molecule has 1 aliphatic carbocycles. The van der Waals surface area contributed by atoms with Crippen LogP contribution in [-0.2, 0) is 4.79 Å². The molecule has 0 aliphatic heterocycles. The molecular weight excluding hydrogens is 226 g/mol. The normalized spacial score (nSPS) is 14.8. The molecule has 4 nitrogen and oxygen atoms in total. The first-order chi connectivity index (χ1) is 8.54. The van der Waals surface area contributed by atoms with Crippen LogP contribution < -0.4 is 11.1 Å². The summed E-state index contributed by atoms with van der Waals surface area (Å²) in [5.41, 5.74) is 8.23. The van der Waals surface area contributed by atoms with Gasteiger partial charge in [-0.15, -0.1) is 0 Å². The fraction of sp³-hybridized carbons (Fsp3) is 0.500. The lowest BCUT2D eigenvalue weighted by atomic mass is 10.2. The van der Waals surface area contributed by atoms with Gasteiger partial charge in [0.05, 0.1) is 6.54 Å². The van der Waals surface area contributed by atoms with Gasteiger partial charge in [-0.2, -0.15) is 0 Å². The zero-order valence-corrected chi connectivity index (χ0v) is 11.1. The van der Waals surface area contributed by atoms with E-state index in [9.17, 15) is 4.79 Å². The summed E-state index contributed by atoms with van der Waals surface area (Å²) < 4.78 is 0. The Balaban J connectivity index is 1.85. The van der Waals surface area contributed by atoms with Crippen LogP contribution in [0, 0.1) is 12.8 Å². The molecule has 98 valence electrons. The van der Waals surface area contributed by atoms with Gasteiger partial charge in [0.25, 0.3) is 0 Å². The summed E-state index contributed by atoms with van der Waals surface area (Å²) in [4.78, 5) is 14.0. The molecule has 1 amide bonds. The Kier molecular flexibility index (Phi) is 3.87. The van der Waals surface area contributed by atoms with Crippen molar-refractivity contribution in [3.8, 4) is 0 Å². The number of benzene rings is 1. The molecule has 3 N–H and O–H groups in total. The quantitative estimate of drug-likeness (QED) is 0.781. The number of carbonyl (C=O) groups excluding carboxylic acids is 1. The van der Waals surface area contributed by atoms with Crippen molar-refractivity contribution in [2.24, 2.45) is 5.92 Å². The third-order valence-corrected chi connectivity index (χ3v) is 3.20. The van der Waals surface area contributed by atoms with Crippen molar-refractivity contribution in [2.45, 2.75) is 19.8 Å². The van der Waals surface area contributed by atoms with Crippen LogP contribution in [-0.4, -0.2) is 30.9 Å². The maximum atomic E-state index is 11.9. The summed E-state index contributed by atoms with van der Waals surface area (Å²) in [7, 11) is 1.99. The first-order valence-electron chi connectivity index (χ1n) is 6.39. The number of anilines is 2. The number of nitrogens with zero attached hydrogens (tertiary/aromatic N) is 1. The first kappa shape index (κ1) is 12.9. The maximum Gasteiger partial charge on any atom is 0.238 e. The predicted molar refractivity (Wildman–Crippen MR) is 74.4 cm³/mol. The van der Waals surface area contributed by atoms with Gasteiger partial charge in [-0.1, -0.05) is 0 Å². The largest absolute Gasteiger partial charge is 0.399 e. The number of nitrogens with one attached hydrogen (secondary N) is 1. The smallest absolute Gasteiger partial charge is 0.238 e. The lowest BCUT2D eigenvalue weighted by molar-refractivity contribution is -0.117. The van der Waals surface area contributed by atoms with Crippen LogP contribution in [0.3, 0.4) is 0 Å². The number of hydrogen-bond acceptors (Lipinski definition) is 3. The van der Waals surface area contributed by atoms with Crippen molar-refractivity contribution in [1.29, 1.82) is 0 Å². The number of nitrogens with two attached hydrogens (primary N) is 1. The van der Waals surface area contributed by atoms with Crippen LogP contribution >= 0.6 is 0 Å². The van der Waals surface area contributed by atoms with E-state index in [4.69, 9.17) is 5.73 Å². The van der Waals surface area contributed by atoms with E-state index in [1.165, 1.54) is 12.8 Å². The fourth-order valence-corrected chi connectivity index (χ4v) is 2.07. The molecule has 4 heteroatoms. The Bertz CT molecular complexity index is 441. The number of rotatable bonds is 5. The molecule has 1 aromatic carbocycles. The van der Waals surface area contributed by atoms with Crippen LogP contribution in [0.15, 0.2) is 18.2 Å². The standard InChI is InChI=1S/C14H21N3O/c1-10-7-12(15)5-6-13(10)16-14(18)9-17(2)8-11-3-4-11/h5-7,11H,3-4,8-9,15H2,1-2H3,(H,16,18). The summed E-state index contributed by atoms with van der Waals surface area (Å²) in [5, 5.41) is 2.93. The van der Waals surface area contributed by atoms with Gasteiger partial charge in [0.15, 0.2) is 0 Å². The van der Waals surface area contributed by atoms with Gasteiger partial charge < -0.3 is 11.1 Å². The summed E-state index contributed by atoms with van der Waals surface area (Å²) in [5.74, 6) is 0.840. The number of nitrogen functional groups attached to an aromatic ring is 1. The van der Waals surface area contributed by atoms with Crippen molar-refractivity contribution in [3.05, 3.63) is 23.8 Å². The predicted octanol–water partition coefficient (Wildman–Crippen LogP) is 1.86. The minimum Gasteiger partial charge on any atom is -0.399 e. The Morgan fingerprint density at radius 2 is 2.22 bits per heavy atom. The first-order valence-corrected chi connectivity index (χ1v) is 6.39. The van der Waals surface area contributed by atoms with Crippen molar-refractivity contribution >= 4 is 17.3 Å². The minimum absolute atomic E-state index is 0.0334. The molecule has 0 spiro atoms. The monoisotopic (exact) mass is 247 g/mol. The highest BCUT2D eigenvalue weighted by molar-refractivity contribution is 5.93. The molecule has 0 saturated heterocycles. The summed E-state index contributed by atoms with van der Waals surface area (Å²) in [6, 6.07) is 5.52. The van der Waals surface area contributed by atoms with Gasteiger partial charge >= 0.3 is 0 Å². The van der Waals surface area contributed by atoms with Gasteiger partial charge in [0, 0.05) is 17.9 Å². The second-order valence-electron chi connectivity index (χ2n) is 5.26. The zero-order valence-electron chi connectivity index (χ0n) is 11.1. The van der Waals surface area contributed by atoms with Crippen LogP contribution in [0.1, 0.15) is 18.4 Å². The molecule has 1 saturated carbocycles. The number of carbonyl (C=O) groups is 1. The van der Waals surface area contributed by atoms with E-state index in [-0.39, 0.29) is 5.91 Å². The Morgan fingerprint density at radius 1 is 1.50 bits per heavy atom.